The molecular weight excluding hydrogens is 412 g/mol. The van der Waals surface area contributed by atoms with Crippen LogP contribution in [0.15, 0.2) is 18.2 Å². The molecule has 0 bridgehead atoms. The number of rotatable bonds is 18. The molecule has 32 heavy (non-hydrogen) atoms. The van der Waals surface area contributed by atoms with Gasteiger partial charge in [0.1, 0.15) is 11.5 Å². The zero-order valence-electron chi connectivity index (χ0n) is 22.4. The van der Waals surface area contributed by atoms with Crippen molar-refractivity contribution in [2.24, 2.45) is 0 Å². The summed E-state index contributed by atoms with van der Waals surface area (Å²) < 4.78 is 17.3. The van der Waals surface area contributed by atoms with Gasteiger partial charge in [-0.25, -0.2) is 0 Å². The third kappa shape index (κ3) is 11.2. The van der Waals surface area contributed by atoms with Crippen molar-refractivity contribution in [3.05, 3.63) is 23.8 Å². The Morgan fingerprint density at radius 1 is 0.656 bits per heavy atom. The van der Waals surface area contributed by atoms with Crippen LogP contribution in [0.3, 0.4) is 0 Å². The summed E-state index contributed by atoms with van der Waals surface area (Å²) in [7, 11) is 1.93. The van der Waals surface area contributed by atoms with Crippen LogP contribution in [-0.4, -0.2) is 29.1 Å². The summed E-state index contributed by atoms with van der Waals surface area (Å²) in [6.07, 6.45) is 17.1. The van der Waals surface area contributed by atoms with E-state index in [0.717, 1.165) is 24.5 Å². The van der Waals surface area contributed by atoms with Crippen LogP contribution < -0.4 is 9.47 Å². The molecule has 3 nitrogen and oxygen atoms in total. The second kappa shape index (κ2) is 15.8. The zero-order chi connectivity index (χ0) is 23.9. The van der Waals surface area contributed by atoms with Gasteiger partial charge in [-0.05, 0) is 49.5 Å². The lowest BCUT2D eigenvalue weighted by Gasteiger charge is -2.36. The second-order valence-corrected chi connectivity index (χ2v) is 15.6. The van der Waals surface area contributed by atoms with Crippen LogP contribution >= 0.6 is 0 Å². The molecule has 0 atom stereocenters. The van der Waals surface area contributed by atoms with Crippen molar-refractivity contribution in [3.8, 4) is 11.5 Å². The van der Waals surface area contributed by atoms with Crippen molar-refractivity contribution in [1.82, 2.24) is 0 Å². The Morgan fingerprint density at radius 3 is 1.47 bits per heavy atom. The van der Waals surface area contributed by atoms with Crippen LogP contribution in [-0.2, 0) is 10.8 Å². The molecule has 1 aromatic carbocycles. The Hall–Kier alpha value is -1.00. The van der Waals surface area contributed by atoms with Gasteiger partial charge in [0.2, 0.25) is 0 Å². The SMILES string of the molecule is COc1cccc(OC)c1CCCCCCCCCCCCCCO[Si](C)(C)C(C)(C)C. The first kappa shape index (κ1) is 29.0. The van der Waals surface area contributed by atoms with E-state index < -0.39 is 8.32 Å². The molecule has 0 aliphatic rings. The van der Waals surface area contributed by atoms with E-state index in [1.165, 1.54) is 82.6 Å². The lowest BCUT2D eigenvalue weighted by molar-refractivity contribution is 0.277. The van der Waals surface area contributed by atoms with Gasteiger partial charge in [0.05, 0.1) is 14.2 Å². The third-order valence-electron chi connectivity index (χ3n) is 7.12. The van der Waals surface area contributed by atoms with Gasteiger partial charge >= 0.3 is 0 Å². The van der Waals surface area contributed by atoms with Gasteiger partial charge in [-0.1, -0.05) is 91.0 Å². The Labute approximate surface area is 200 Å². The molecule has 4 heteroatoms. The maximum absolute atomic E-state index is 6.27. The Balaban J connectivity index is 1.94. The number of hydrogen-bond donors (Lipinski definition) is 0. The molecule has 0 amide bonds. The van der Waals surface area contributed by atoms with Gasteiger partial charge in [-0.15, -0.1) is 0 Å². The van der Waals surface area contributed by atoms with Gasteiger partial charge in [0.25, 0.3) is 0 Å². The molecule has 0 aliphatic carbocycles. The van der Waals surface area contributed by atoms with E-state index >= 15 is 0 Å². The fourth-order valence-corrected chi connectivity index (χ4v) is 4.98. The van der Waals surface area contributed by atoms with E-state index in [9.17, 15) is 0 Å². The molecule has 0 N–H and O–H groups in total. The lowest BCUT2D eigenvalue weighted by Crippen LogP contribution is -2.40. The summed E-state index contributed by atoms with van der Waals surface area (Å²) in [5.74, 6) is 1.90. The first-order valence-electron chi connectivity index (χ1n) is 13.1. The molecule has 0 saturated heterocycles. The van der Waals surface area contributed by atoms with Gasteiger partial charge in [0.15, 0.2) is 8.32 Å². The maximum atomic E-state index is 6.27. The van der Waals surface area contributed by atoms with Crippen molar-refractivity contribution in [2.45, 2.75) is 122 Å². The summed E-state index contributed by atoms with van der Waals surface area (Å²) >= 11 is 0. The normalized spacial score (nSPS) is 12.2. The van der Waals surface area contributed by atoms with Crippen LogP contribution in [0, 0.1) is 0 Å². The van der Waals surface area contributed by atoms with Gasteiger partial charge in [-0.3, -0.25) is 0 Å². The van der Waals surface area contributed by atoms with Gasteiger partial charge in [-0.2, -0.15) is 0 Å². The topological polar surface area (TPSA) is 27.7 Å². The first-order chi connectivity index (χ1) is 15.2. The Kier molecular flexibility index (Phi) is 14.3. The molecule has 1 rings (SSSR count). The number of ether oxygens (including phenoxy) is 2. The van der Waals surface area contributed by atoms with Gasteiger partial charge in [0, 0.05) is 12.2 Å². The van der Waals surface area contributed by atoms with Crippen LogP contribution in [0.25, 0.3) is 0 Å². The quantitative estimate of drug-likeness (QED) is 0.160. The van der Waals surface area contributed by atoms with Crippen molar-refractivity contribution < 1.29 is 13.9 Å². The molecule has 0 heterocycles. The minimum absolute atomic E-state index is 0.329. The number of hydrogen-bond acceptors (Lipinski definition) is 3. The summed E-state index contributed by atoms with van der Waals surface area (Å²) in [6, 6.07) is 6.05. The minimum atomic E-state index is -1.55. The minimum Gasteiger partial charge on any atom is -0.496 e. The smallest absolute Gasteiger partial charge is 0.191 e. The molecule has 0 aliphatic heterocycles. The third-order valence-corrected chi connectivity index (χ3v) is 11.7. The van der Waals surface area contributed by atoms with E-state index in [-0.39, 0.29) is 0 Å². The number of benzene rings is 1. The predicted molar refractivity (Wildman–Crippen MR) is 142 cm³/mol. The Bertz CT molecular complexity index is 585. The predicted octanol–water partition coefficient (Wildman–Crippen LogP) is 8.95. The van der Waals surface area contributed by atoms with Crippen molar-refractivity contribution in [1.29, 1.82) is 0 Å². The summed E-state index contributed by atoms with van der Waals surface area (Å²) in [6.45, 7) is 12.6. The molecule has 0 fully saturated rings. The van der Waals surface area contributed by atoms with Gasteiger partial charge < -0.3 is 13.9 Å². The van der Waals surface area contributed by atoms with Crippen LogP contribution in [0.4, 0.5) is 0 Å². The highest BCUT2D eigenvalue weighted by Gasteiger charge is 2.36. The van der Waals surface area contributed by atoms with Crippen LogP contribution in [0.5, 0.6) is 11.5 Å². The summed E-state index contributed by atoms with van der Waals surface area (Å²) in [5.41, 5.74) is 1.21. The van der Waals surface area contributed by atoms with Crippen molar-refractivity contribution in [2.75, 3.05) is 20.8 Å². The van der Waals surface area contributed by atoms with E-state index in [1.54, 1.807) is 14.2 Å². The highest BCUT2D eigenvalue weighted by Crippen LogP contribution is 2.36. The first-order valence-corrected chi connectivity index (χ1v) is 16.0. The highest BCUT2D eigenvalue weighted by atomic mass is 28.4. The van der Waals surface area contributed by atoms with E-state index in [1.807, 2.05) is 18.2 Å². The molecule has 1 aromatic rings. The van der Waals surface area contributed by atoms with E-state index in [0.29, 0.717) is 5.04 Å². The average molecular weight is 465 g/mol. The molecule has 0 unspecified atom stereocenters. The fourth-order valence-electron chi connectivity index (χ4n) is 3.89. The Morgan fingerprint density at radius 2 is 1.06 bits per heavy atom. The van der Waals surface area contributed by atoms with Crippen molar-refractivity contribution in [3.63, 3.8) is 0 Å². The average Bonchev–Trinajstić information content (AvgIpc) is 2.75. The van der Waals surface area contributed by atoms with Crippen LogP contribution in [0.2, 0.25) is 18.1 Å². The lowest BCUT2D eigenvalue weighted by atomic mass is 10.0. The van der Waals surface area contributed by atoms with E-state index in [4.69, 9.17) is 13.9 Å². The molecule has 0 saturated carbocycles. The second-order valence-electron chi connectivity index (χ2n) is 10.7. The fraction of sp³-hybridized carbons (Fsp3) is 0.786. The molecule has 186 valence electrons. The summed E-state index contributed by atoms with van der Waals surface area (Å²) in [4.78, 5) is 0. The summed E-state index contributed by atoms with van der Waals surface area (Å²) in [5, 5.41) is 0.329. The molecule has 0 radical (unpaired) electrons. The molecule has 0 aromatic heterocycles. The largest absolute Gasteiger partial charge is 0.496 e. The molecular formula is C28H52O3Si. The zero-order valence-corrected chi connectivity index (χ0v) is 23.4. The highest BCUT2D eigenvalue weighted by molar-refractivity contribution is 6.74. The van der Waals surface area contributed by atoms with Crippen LogP contribution in [0.1, 0.15) is 103 Å². The number of methoxy groups -OCH3 is 2. The van der Waals surface area contributed by atoms with Crippen molar-refractivity contribution >= 4 is 8.32 Å². The van der Waals surface area contributed by atoms with E-state index in [2.05, 4.69) is 33.9 Å². The number of unbranched alkanes of at least 4 members (excludes halogenated alkanes) is 11. The standard InChI is InChI=1S/C28H52O3Si/c1-28(2,3)32(6,7)31-24-19-17-15-13-11-9-8-10-12-14-16-18-21-25-26(29-4)22-20-23-27(25)30-5/h20,22-23H,8-19,21,24H2,1-7H3. The maximum Gasteiger partial charge on any atom is 0.191 e. The monoisotopic (exact) mass is 464 g/mol. The molecule has 0 spiro atoms.